The van der Waals surface area contributed by atoms with Gasteiger partial charge >= 0.3 is 7.60 Å². The van der Waals surface area contributed by atoms with E-state index in [1.165, 1.54) is 5.38 Å². The minimum atomic E-state index is -3.71. The van der Waals surface area contributed by atoms with Gasteiger partial charge < -0.3 is 9.05 Å². The Morgan fingerprint density at radius 1 is 1.30 bits per heavy atom. The molecule has 0 N–H and O–H groups in total. The van der Waals surface area contributed by atoms with Crippen molar-refractivity contribution < 1.29 is 13.6 Å². The van der Waals surface area contributed by atoms with E-state index in [2.05, 4.69) is 20.9 Å². The molecule has 3 aromatic rings. The van der Waals surface area contributed by atoms with Crippen molar-refractivity contribution >= 4 is 45.3 Å². The van der Waals surface area contributed by atoms with Crippen LogP contribution in [0.3, 0.4) is 0 Å². The zero-order chi connectivity index (χ0) is 19.6. The second-order valence-electron chi connectivity index (χ2n) is 5.28. The van der Waals surface area contributed by atoms with Gasteiger partial charge in [-0.3, -0.25) is 9.36 Å². The standard InChI is InChI=1S/C17H15BrN3O4PS/c1-3-24-26(23,25-4-2)14-10-27-17-20-15(11-7-5-6-8-13(11)18)12(9-19)16(22)21(14)17/h5-8,10H,3-4H2,1-2H3. The van der Waals surface area contributed by atoms with Gasteiger partial charge in [0.25, 0.3) is 5.56 Å². The van der Waals surface area contributed by atoms with E-state index < -0.39 is 13.2 Å². The van der Waals surface area contributed by atoms with Crippen molar-refractivity contribution in [1.82, 2.24) is 9.38 Å². The fourth-order valence-electron chi connectivity index (χ4n) is 2.59. The summed E-state index contributed by atoms with van der Waals surface area (Å²) in [7, 11) is -3.71. The van der Waals surface area contributed by atoms with Crippen LogP contribution < -0.4 is 11.0 Å². The molecular formula is C17H15BrN3O4PS. The number of aromatic nitrogens is 2. The van der Waals surface area contributed by atoms with Gasteiger partial charge in [0.05, 0.1) is 18.9 Å². The van der Waals surface area contributed by atoms with Crippen LogP contribution in [0.4, 0.5) is 0 Å². The predicted molar refractivity (Wildman–Crippen MR) is 108 cm³/mol. The van der Waals surface area contributed by atoms with E-state index in [0.29, 0.717) is 15.0 Å². The van der Waals surface area contributed by atoms with E-state index in [4.69, 9.17) is 9.05 Å². The van der Waals surface area contributed by atoms with Gasteiger partial charge in [-0.1, -0.05) is 34.1 Å². The third-order valence-corrected chi connectivity index (χ3v) is 7.45. The molecule has 0 atom stereocenters. The zero-order valence-corrected chi connectivity index (χ0v) is 17.8. The second-order valence-corrected chi connectivity index (χ2v) is 8.94. The maximum absolute atomic E-state index is 13.1. The van der Waals surface area contributed by atoms with Crippen LogP contribution in [0.25, 0.3) is 16.2 Å². The maximum Gasteiger partial charge on any atom is 0.378 e. The molecule has 0 unspecified atom stereocenters. The van der Waals surface area contributed by atoms with Gasteiger partial charge in [-0.05, 0) is 19.9 Å². The molecule has 0 saturated carbocycles. The Hall–Kier alpha value is -1.82. The Kier molecular flexibility index (Phi) is 5.94. The molecule has 2 aromatic heterocycles. The SMILES string of the molecule is CCOP(=O)(OCC)c1csc2nc(-c3ccccc3Br)c(C#N)c(=O)n12. The minimum Gasteiger partial charge on any atom is -0.304 e. The van der Waals surface area contributed by atoms with Crippen molar-refractivity contribution in [3.63, 3.8) is 0 Å². The Balaban J connectivity index is 2.34. The first-order valence-electron chi connectivity index (χ1n) is 8.05. The predicted octanol–water partition coefficient (Wildman–Crippen LogP) is 3.95. The lowest BCUT2D eigenvalue weighted by molar-refractivity contribution is 0.229. The lowest BCUT2D eigenvalue weighted by atomic mass is 10.1. The third-order valence-electron chi connectivity index (χ3n) is 3.67. The molecule has 3 rings (SSSR count). The van der Waals surface area contributed by atoms with Crippen molar-refractivity contribution in [2.45, 2.75) is 13.8 Å². The molecule has 7 nitrogen and oxygen atoms in total. The zero-order valence-electron chi connectivity index (χ0n) is 14.5. The van der Waals surface area contributed by atoms with E-state index in [0.717, 1.165) is 15.7 Å². The summed E-state index contributed by atoms with van der Waals surface area (Å²) in [6.07, 6.45) is 0. The molecule has 0 fully saturated rings. The third kappa shape index (κ3) is 3.51. The van der Waals surface area contributed by atoms with Crippen LogP contribution in [-0.2, 0) is 13.6 Å². The summed E-state index contributed by atoms with van der Waals surface area (Å²) in [5, 5.41) is 11.1. The fraction of sp³-hybridized carbons (Fsp3) is 0.235. The van der Waals surface area contributed by atoms with E-state index in [1.54, 1.807) is 32.0 Å². The van der Waals surface area contributed by atoms with Crippen molar-refractivity contribution in [3.8, 4) is 17.3 Å². The average molecular weight is 468 g/mol. The van der Waals surface area contributed by atoms with E-state index in [-0.39, 0.29) is 29.9 Å². The molecule has 0 aliphatic rings. The second kappa shape index (κ2) is 8.05. The highest BCUT2D eigenvalue weighted by molar-refractivity contribution is 9.10. The molecule has 10 heteroatoms. The van der Waals surface area contributed by atoms with Crippen LogP contribution in [0.2, 0.25) is 0 Å². The normalized spacial score (nSPS) is 11.6. The van der Waals surface area contributed by atoms with Gasteiger partial charge in [0, 0.05) is 15.4 Å². The number of nitriles is 1. The van der Waals surface area contributed by atoms with Crippen molar-refractivity contribution in [2.24, 2.45) is 0 Å². The average Bonchev–Trinajstić information content (AvgIpc) is 3.07. The summed E-state index contributed by atoms with van der Waals surface area (Å²) >= 11 is 4.56. The number of rotatable bonds is 6. The topological polar surface area (TPSA) is 93.7 Å². The lowest BCUT2D eigenvalue weighted by Gasteiger charge is -2.16. The van der Waals surface area contributed by atoms with Crippen LogP contribution in [-0.4, -0.2) is 22.6 Å². The molecule has 2 heterocycles. The molecule has 0 saturated heterocycles. The first-order valence-corrected chi connectivity index (χ1v) is 11.3. The smallest absolute Gasteiger partial charge is 0.304 e. The number of benzene rings is 1. The van der Waals surface area contributed by atoms with Gasteiger partial charge in [-0.2, -0.15) is 5.26 Å². The highest BCUT2D eigenvalue weighted by Gasteiger charge is 2.32. The summed E-state index contributed by atoms with van der Waals surface area (Å²) in [6.45, 7) is 3.67. The molecule has 140 valence electrons. The molecular weight excluding hydrogens is 453 g/mol. The maximum atomic E-state index is 13.1. The minimum absolute atomic E-state index is 0.0823. The number of nitrogens with zero attached hydrogens (tertiary/aromatic N) is 3. The summed E-state index contributed by atoms with van der Waals surface area (Å²) in [5.41, 5.74) is 0.231. The van der Waals surface area contributed by atoms with Gasteiger partial charge in [0.1, 0.15) is 11.6 Å². The summed E-state index contributed by atoms with van der Waals surface area (Å²) in [5.74, 6) is 0. The number of fused-ring (bicyclic) bond motifs is 1. The number of thiazole rings is 1. The van der Waals surface area contributed by atoms with Crippen molar-refractivity contribution in [1.29, 1.82) is 5.26 Å². The molecule has 0 amide bonds. The summed E-state index contributed by atoms with van der Waals surface area (Å²) in [4.78, 5) is 17.9. The number of hydrogen-bond acceptors (Lipinski definition) is 7. The Morgan fingerprint density at radius 2 is 1.96 bits per heavy atom. The molecule has 27 heavy (non-hydrogen) atoms. The van der Waals surface area contributed by atoms with E-state index in [9.17, 15) is 14.6 Å². The molecule has 0 aliphatic carbocycles. The van der Waals surface area contributed by atoms with Crippen LogP contribution in [0.15, 0.2) is 38.9 Å². The highest BCUT2D eigenvalue weighted by Crippen LogP contribution is 2.47. The first-order chi connectivity index (χ1) is 13.0. The van der Waals surface area contributed by atoms with E-state index in [1.807, 2.05) is 12.1 Å². The largest absolute Gasteiger partial charge is 0.378 e. The number of halogens is 1. The van der Waals surface area contributed by atoms with Crippen LogP contribution >= 0.6 is 34.9 Å². The van der Waals surface area contributed by atoms with Crippen LogP contribution in [0, 0.1) is 11.3 Å². The lowest BCUT2D eigenvalue weighted by Crippen LogP contribution is -2.28. The monoisotopic (exact) mass is 467 g/mol. The highest BCUT2D eigenvalue weighted by atomic mass is 79.9. The van der Waals surface area contributed by atoms with Gasteiger partial charge in [-0.15, -0.1) is 11.3 Å². The quantitative estimate of drug-likeness (QED) is 0.509. The molecule has 0 spiro atoms. The molecule has 0 aliphatic heterocycles. The fourth-order valence-corrected chi connectivity index (χ4v) is 6.00. The van der Waals surface area contributed by atoms with Gasteiger partial charge in [-0.25, -0.2) is 9.38 Å². The first kappa shape index (κ1) is 19.9. The van der Waals surface area contributed by atoms with Crippen molar-refractivity contribution in [2.75, 3.05) is 13.2 Å². The van der Waals surface area contributed by atoms with E-state index >= 15 is 0 Å². The Labute approximate surface area is 167 Å². The number of hydrogen-bond donors (Lipinski definition) is 0. The van der Waals surface area contributed by atoms with Crippen LogP contribution in [0.1, 0.15) is 19.4 Å². The van der Waals surface area contributed by atoms with Gasteiger partial charge in [0.2, 0.25) is 0 Å². The van der Waals surface area contributed by atoms with Gasteiger partial charge in [0.15, 0.2) is 10.4 Å². The van der Waals surface area contributed by atoms with Crippen LogP contribution in [0.5, 0.6) is 0 Å². The molecule has 0 radical (unpaired) electrons. The molecule has 1 aromatic carbocycles. The molecule has 0 bridgehead atoms. The summed E-state index contributed by atoms with van der Waals surface area (Å²) in [6, 6.07) is 9.12. The Bertz CT molecular complexity index is 1140. The van der Waals surface area contributed by atoms with Crippen molar-refractivity contribution in [3.05, 3.63) is 50.0 Å². The Morgan fingerprint density at radius 3 is 2.56 bits per heavy atom. The summed E-state index contributed by atoms with van der Waals surface area (Å²) < 4.78 is 25.7.